The molecule has 3 aromatic heterocycles. The number of nitrogens with zero attached hydrogens (tertiary/aromatic N) is 5. The zero-order valence-corrected chi connectivity index (χ0v) is 17.0. The fraction of sp³-hybridized carbons (Fsp3) is 0.158. The van der Waals surface area contributed by atoms with Gasteiger partial charge in [0.25, 0.3) is 11.1 Å². The first-order chi connectivity index (χ1) is 14.6. The lowest BCUT2D eigenvalue weighted by atomic mass is 9.44. The van der Waals surface area contributed by atoms with Crippen LogP contribution in [0.5, 0.6) is 0 Å². The Labute approximate surface area is 179 Å². The van der Waals surface area contributed by atoms with Crippen LogP contribution in [0.25, 0.3) is 22.3 Å². The standard InChI is InChI=1S/C19H11BN6O2S2/c21-7-12-3-4-14(29-12)13-6-16(20(9-22)11-1-2-11)26-17(24-13)10(8-23-26)5-15-18(27)25-19(28)30-15/h3-6,8,11H,1-2H2,(H,25,27,28)/b15-5-. The van der Waals surface area contributed by atoms with E-state index in [1.54, 1.807) is 22.9 Å². The lowest BCUT2D eigenvalue weighted by Gasteiger charge is -2.10. The summed E-state index contributed by atoms with van der Waals surface area (Å²) in [5.41, 5.74) is 2.45. The van der Waals surface area contributed by atoms with E-state index in [0.717, 1.165) is 35.1 Å². The van der Waals surface area contributed by atoms with Crippen LogP contribution in [0, 0.1) is 22.6 Å². The van der Waals surface area contributed by atoms with Gasteiger partial charge in [-0.05, 0) is 41.9 Å². The third-order valence-corrected chi connectivity index (χ3v) is 6.80. The molecule has 1 aliphatic carbocycles. The molecule has 3 aromatic rings. The predicted octanol–water partition coefficient (Wildman–Crippen LogP) is 2.58. The third-order valence-electron chi connectivity index (χ3n) is 4.98. The largest absolute Gasteiger partial charge is 0.325 e. The van der Waals surface area contributed by atoms with Crippen molar-refractivity contribution >= 4 is 58.3 Å². The molecule has 1 saturated heterocycles. The van der Waals surface area contributed by atoms with Gasteiger partial charge in [0, 0.05) is 17.1 Å². The molecule has 0 atom stereocenters. The number of thioether (sulfide) groups is 1. The van der Waals surface area contributed by atoms with E-state index in [4.69, 9.17) is 10.2 Å². The van der Waals surface area contributed by atoms with Crippen LogP contribution >= 0.6 is 23.1 Å². The van der Waals surface area contributed by atoms with Gasteiger partial charge in [0.2, 0.25) is 0 Å². The third kappa shape index (κ3) is 3.18. The van der Waals surface area contributed by atoms with E-state index in [9.17, 15) is 14.9 Å². The van der Waals surface area contributed by atoms with Crippen LogP contribution in [0.4, 0.5) is 4.79 Å². The Morgan fingerprint density at radius 1 is 1.30 bits per heavy atom. The first-order valence-electron chi connectivity index (χ1n) is 9.11. The van der Waals surface area contributed by atoms with Crippen molar-refractivity contribution in [1.29, 1.82) is 10.5 Å². The number of thiophene rings is 1. The molecule has 0 bridgehead atoms. The van der Waals surface area contributed by atoms with Crippen LogP contribution < -0.4 is 10.9 Å². The first kappa shape index (κ1) is 18.6. The Morgan fingerprint density at radius 2 is 2.13 bits per heavy atom. The highest BCUT2D eigenvalue weighted by atomic mass is 32.2. The SMILES string of the molecule is N#CB(c1cc(-c2ccc(C#N)s2)nc2c(/C=C3\SC(=O)NC3=O)cnn12)C1CC1. The van der Waals surface area contributed by atoms with Crippen LogP contribution in [-0.4, -0.2) is 32.5 Å². The lowest BCUT2D eigenvalue weighted by molar-refractivity contribution is -0.115. The van der Waals surface area contributed by atoms with E-state index >= 15 is 0 Å². The van der Waals surface area contributed by atoms with Crippen molar-refractivity contribution in [2.75, 3.05) is 0 Å². The van der Waals surface area contributed by atoms with Crippen molar-refractivity contribution in [3.8, 4) is 22.6 Å². The number of hydrogen-bond donors (Lipinski definition) is 1. The molecular formula is C19H11BN6O2S2. The fourth-order valence-corrected chi connectivity index (χ4v) is 4.83. The smallest absolute Gasteiger partial charge is 0.282 e. The highest BCUT2D eigenvalue weighted by Crippen LogP contribution is 2.39. The second-order valence-electron chi connectivity index (χ2n) is 6.97. The maximum atomic E-state index is 11.9. The van der Waals surface area contributed by atoms with E-state index < -0.39 is 11.1 Å². The Bertz CT molecular complexity index is 1340. The molecule has 11 heteroatoms. The number of amides is 2. The molecule has 2 amide bonds. The van der Waals surface area contributed by atoms with Gasteiger partial charge in [0.1, 0.15) is 10.9 Å². The molecule has 0 aromatic carbocycles. The zero-order chi connectivity index (χ0) is 20.8. The van der Waals surface area contributed by atoms with Gasteiger partial charge >= 0.3 is 6.71 Å². The zero-order valence-electron chi connectivity index (χ0n) is 15.3. The maximum absolute atomic E-state index is 11.9. The number of carbonyl (C=O) groups excluding carboxylic acids is 2. The summed E-state index contributed by atoms with van der Waals surface area (Å²) in [7, 11) is 0. The quantitative estimate of drug-likeness (QED) is 0.498. The van der Waals surface area contributed by atoms with Gasteiger partial charge in [-0.1, -0.05) is 12.8 Å². The number of rotatable bonds is 4. The van der Waals surface area contributed by atoms with Crippen LogP contribution in [0.2, 0.25) is 5.82 Å². The minimum atomic E-state index is -0.453. The maximum Gasteiger partial charge on any atom is 0.325 e. The Balaban J connectivity index is 1.70. The van der Waals surface area contributed by atoms with Crippen molar-refractivity contribution in [2.45, 2.75) is 18.7 Å². The van der Waals surface area contributed by atoms with Crippen molar-refractivity contribution in [1.82, 2.24) is 19.9 Å². The number of hydrogen-bond acceptors (Lipinski definition) is 8. The summed E-state index contributed by atoms with van der Waals surface area (Å²) in [4.78, 5) is 29.8. The number of fused-ring (bicyclic) bond motifs is 1. The highest BCUT2D eigenvalue weighted by Gasteiger charge is 2.39. The molecular weight excluding hydrogens is 419 g/mol. The summed E-state index contributed by atoms with van der Waals surface area (Å²) >= 11 is 2.15. The highest BCUT2D eigenvalue weighted by molar-refractivity contribution is 8.18. The minimum absolute atomic E-state index is 0.269. The topological polar surface area (TPSA) is 124 Å². The molecule has 2 fully saturated rings. The minimum Gasteiger partial charge on any atom is -0.282 e. The molecule has 8 nitrogen and oxygen atoms in total. The number of nitriles is 2. The normalized spacial score (nSPS) is 17.2. The van der Waals surface area contributed by atoms with E-state index in [2.05, 4.69) is 22.5 Å². The fourth-order valence-electron chi connectivity index (χ4n) is 3.39. The summed E-state index contributed by atoms with van der Waals surface area (Å²) in [6.07, 6.45) is 5.15. The Kier molecular flexibility index (Phi) is 4.42. The van der Waals surface area contributed by atoms with E-state index in [0.29, 0.717) is 21.8 Å². The van der Waals surface area contributed by atoms with Crippen LogP contribution in [0.1, 0.15) is 23.3 Å². The molecule has 0 spiro atoms. The van der Waals surface area contributed by atoms with Crippen molar-refractivity contribution in [2.24, 2.45) is 0 Å². The van der Waals surface area contributed by atoms with Crippen molar-refractivity contribution in [3.63, 3.8) is 0 Å². The van der Waals surface area contributed by atoms with E-state index in [1.165, 1.54) is 11.3 Å². The molecule has 0 radical (unpaired) electrons. The van der Waals surface area contributed by atoms with Gasteiger partial charge < -0.3 is 0 Å². The molecule has 5 rings (SSSR count). The van der Waals surface area contributed by atoms with Gasteiger partial charge in [0.15, 0.2) is 5.65 Å². The molecule has 1 aliphatic heterocycles. The molecule has 0 unspecified atom stereocenters. The van der Waals surface area contributed by atoms with Crippen molar-refractivity contribution in [3.05, 3.63) is 39.7 Å². The molecule has 30 heavy (non-hydrogen) atoms. The lowest BCUT2D eigenvalue weighted by Crippen LogP contribution is -2.36. The summed E-state index contributed by atoms with van der Waals surface area (Å²) < 4.78 is 1.64. The van der Waals surface area contributed by atoms with Gasteiger partial charge in [0.05, 0.1) is 21.7 Å². The number of aromatic nitrogens is 3. The van der Waals surface area contributed by atoms with Crippen molar-refractivity contribution < 1.29 is 9.59 Å². The second-order valence-corrected chi connectivity index (χ2v) is 9.07. The van der Waals surface area contributed by atoms with Gasteiger partial charge in [-0.25, -0.2) is 14.8 Å². The van der Waals surface area contributed by atoms with Crippen LogP contribution in [-0.2, 0) is 4.79 Å². The van der Waals surface area contributed by atoms with E-state index in [1.807, 2.05) is 12.1 Å². The Morgan fingerprint density at radius 3 is 2.77 bits per heavy atom. The second kappa shape index (κ2) is 7.13. The molecule has 1 N–H and O–H groups in total. The molecule has 144 valence electrons. The van der Waals surface area contributed by atoms with Crippen LogP contribution in [0.15, 0.2) is 29.3 Å². The average Bonchev–Trinajstić information content (AvgIpc) is 3.17. The monoisotopic (exact) mass is 430 g/mol. The summed E-state index contributed by atoms with van der Waals surface area (Å²) in [6.45, 7) is -0.323. The number of carbonyl (C=O) groups is 2. The van der Waals surface area contributed by atoms with Gasteiger partial charge in [-0.2, -0.15) is 10.4 Å². The summed E-state index contributed by atoms with van der Waals surface area (Å²) in [6, 6.07) is 7.55. The molecule has 4 heterocycles. The average molecular weight is 430 g/mol. The van der Waals surface area contributed by atoms with Gasteiger partial charge in [-0.15, -0.1) is 11.3 Å². The first-order valence-corrected chi connectivity index (χ1v) is 10.7. The van der Waals surface area contributed by atoms with Crippen LogP contribution in [0.3, 0.4) is 0 Å². The number of imide groups is 1. The summed E-state index contributed by atoms with van der Waals surface area (Å²) in [5, 5.41) is 25.2. The predicted molar refractivity (Wildman–Crippen MR) is 114 cm³/mol. The number of nitrogens with one attached hydrogen (secondary N) is 1. The Hall–Kier alpha value is -3.41. The molecule has 2 aliphatic rings. The summed E-state index contributed by atoms with van der Waals surface area (Å²) in [5.74, 6) is 2.23. The van der Waals surface area contributed by atoms with E-state index in [-0.39, 0.29) is 17.4 Å². The molecule has 1 saturated carbocycles. The van der Waals surface area contributed by atoms with Gasteiger partial charge in [-0.3, -0.25) is 14.9 Å².